The van der Waals surface area contributed by atoms with E-state index < -0.39 is 17.9 Å². The Labute approximate surface area is 160 Å². The molecule has 0 aliphatic heterocycles. The van der Waals surface area contributed by atoms with Crippen LogP contribution in [-0.2, 0) is 6.42 Å². The van der Waals surface area contributed by atoms with E-state index >= 15 is 0 Å². The smallest absolute Gasteiger partial charge is 0.207 e. The molecule has 0 saturated heterocycles. The Morgan fingerprint density at radius 3 is 2.07 bits per heavy atom. The van der Waals surface area contributed by atoms with Gasteiger partial charge in [-0.3, -0.25) is 0 Å². The van der Waals surface area contributed by atoms with Crippen LogP contribution in [0.25, 0.3) is 12.2 Å². The molecule has 1 atom stereocenters. The number of benzene rings is 3. The highest BCUT2D eigenvalue weighted by atomic mass is 19.4. The van der Waals surface area contributed by atoms with Crippen LogP contribution in [0.3, 0.4) is 0 Å². The number of alkyl halides is 3. The first-order chi connectivity index (χ1) is 13.3. The van der Waals surface area contributed by atoms with Gasteiger partial charge in [0.25, 0.3) is 0 Å². The zero-order chi connectivity index (χ0) is 20.1. The maximum absolute atomic E-state index is 14.4. The fourth-order valence-corrected chi connectivity index (χ4v) is 2.94. The molecule has 0 unspecified atom stereocenters. The summed E-state index contributed by atoms with van der Waals surface area (Å²) in [6, 6.07) is 17.4. The van der Waals surface area contributed by atoms with Gasteiger partial charge in [0.1, 0.15) is 11.6 Å². The largest absolute Gasteiger partial charge is 0.396 e. The maximum atomic E-state index is 14.4. The highest BCUT2D eigenvalue weighted by Crippen LogP contribution is 2.37. The first-order valence-corrected chi connectivity index (χ1v) is 8.66. The van der Waals surface area contributed by atoms with E-state index in [9.17, 15) is 22.0 Å². The van der Waals surface area contributed by atoms with Gasteiger partial charge in [-0.1, -0.05) is 66.7 Å². The molecular weight excluding hydrogens is 371 g/mol. The van der Waals surface area contributed by atoms with Crippen molar-refractivity contribution >= 4 is 12.2 Å². The summed E-state index contributed by atoms with van der Waals surface area (Å²) in [5, 5.41) is 0. The first-order valence-electron chi connectivity index (χ1n) is 8.66. The van der Waals surface area contributed by atoms with Crippen molar-refractivity contribution < 1.29 is 22.0 Å². The molecule has 0 radical (unpaired) electrons. The molecule has 0 aliphatic carbocycles. The van der Waals surface area contributed by atoms with E-state index in [0.717, 1.165) is 6.07 Å². The summed E-state index contributed by atoms with van der Waals surface area (Å²) < 4.78 is 67.7. The third kappa shape index (κ3) is 5.06. The van der Waals surface area contributed by atoms with E-state index in [1.165, 1.54) is 42.5 Å². The second-order valence-corrected chi connectivity index (χ2v) is 6.45. The van der Waals surface area contributed by atoms with Crippen molar-refractivity contribution in [3.63, 3.8) is 0 Å². The van der Waals surface area contributed by atoms with Crippen molar-refractivity contribution in [1.82, 2.24) is 0 Å². The quantitative estimate of drug-likeness (QED) is 0.325. The summed E-state index contributed by atoms with van der Waals surface area (Å²) in [7, 11) is 0. The molecule has 3 aromatic rings. The third-order valence-corrected chi connectivity index (χ3v) is 4.43. The molecule has 0 fully saturated rings. The van der Waals surface area contributed by atoms with Gasteiger partial charge in [0.05, 0.1) is 5.92 Å². The molecule has 28 heavy (non-hydrogen) atoms. The van der Waals surface area contributed by atoms with E-state index in [-0.39, 0.29) is 28.9 Å². The van der Waals surface area contributed by atoms with Gasteiger partial charge in [-0.15, -0.1) is 0 Å². The Morgan fingerprint density at radius 1 is 0.786 bits per heavy atom. The lowest BCUT2D eigenvalue weighted by Crippen LogP contribution is -2.23. The van der Waals surface area contributed by atoms with Crippen LogP contribution in [0.5, 0.6) is 0 Å². The first kappa shape index (κ1) is 19.8. The van der Waals surface area contributed by atoms with Crippen molar-refractivity contribution in [2.45, 2.75) is 18.5 Å². The van der Waals surface area contributed by atoms with Crippen LogP contribution in [0.4, 0.5) is 22.0 Å². The van der Waals surface area contributed by atoms with Crippen molar-refractivity contribution in [1.29, 1.82) is 0 Å². The van der Waals surface area contributed by atoms with Gasteiger partial charge < -0.3 is 0 Å². The van der Waals surface area contributed by atoms with Crippen molar-refractivity contribution in [2.24, 2.45) is 0 Å². The summed E-state index contributed by atoms with van der Waals surface area (Å²) in [6.07, 6.45) is -1.66. The number of hydrogen-bond acceptors (Lipinski definition) is 0. The SMILES string of the molecule is Fc1ccc(C=Cc2ccc(C[C@@H](c3ccccc3)C(F)(F)F)cc2F)cc1. The minimum Gasteiger partial charge on any atom is -0.207 e. The average molecular weight is 388 g/mol. The van der Waals surface area contributed by atoms with Gasteiger partial charge in [0.2, 0.25) is 0 Å². The standard InChI is InChI=1S/C23H17F5/c24-20-12-8-16(9-13-20)6-10-19-11-7-17(15-22(19)25)14-21(23(26,27)28)18-4-2-1-3-5-18/h1-13,15,21H,14H2/t21-/m0/s1. The monoisotopic (exact) mass is 388 g/mol. The van der Waals surface area contributed by atoms with Crippen LogP contribution in [0.2, 0.25) is 0 Å². The highest BCUT2D eigenvalue weighted by Gasteiger charge is 2.40. The molecule has 3 rings (SSSR count). The van der Waals surface area contributed by atoms with Gasteiger partial charge in [0, 0.05) is 5.56 Å². The molecule has 0 saturated carbocycles. The second-order valence-electron chi connectivity index (χ2n) is 6.45. The van der Waals surface area contributed by atoms with E-state index in [0.29, 0.717) is 5.56 Å². The Bertz CT molecular complexity index is 941. The summed E-state index contributed by atoms with van der Waals surface area (Å²) in [4.78, 5) is 0. The molecular formula is C23H17F5. The molecule has 0 spiro atoms. The van der Waals surface area contributed by atoms with Crippen molar-refractivity contribution in [3.8, 4) is 0 Å². The molecule has 0 amide bonds. The molecule has 0 aliphatic rings. The Morgan fingerprint density at radius 2 is 1.46 bits per heavy atom. The van der Waals surface area contributed by atoms with Crippen molar-refractivity contribution in [3.05, 3.63) is 107 Å². The Hall–Kier alpha value is -2.95. The molecule has 5 heteroatoms. The Kier molecular flexibility index (Phi) is 5.93. The average Bonchev–Trinajstić information content (AvgIpc) is 2.66. The zero-order valence-corrected chi connectivity index (χ0v) is 14.8. The van der Waals surface area contributed by atoms with E-state index in [1.807, 2.05) is 0 Å². The van der Waals surface area contributed by atoms with Gasteiger partial charge in [-0.05, 0) is 41.3 Å². The normalized spacial score (nSPS) is 13.0. The van der Waals surface area contributed by atoms with E-state index in [1.54, 1.807) is 36.4 Å². The van der Waals surface area contributed by atoms with Gasteiger partial charge in [0.15, 0.2) is 0 Å². The van der Waals surface area contributed by atoms with Crippen LogP contribution in [0, 0.1) is 11.6 Å². The Balaban J connectivity index is 1.80. The molecule has 3 aromatic carbocycles. The number of rotatable bonds is 5. The molecule has 144 valence electrons. The van der Waals surface area contributed by atoms with Crippen molar-refractivity contribution in [2.75, 3.05) is 0 Å². The summed E-state index contributed by atoms with van der Waals surface area (Å²) in [5.41, 5.74) is 1.35. The van der Waals surface area contributed by atoms with Gasteiger partial charge in [-0.25, -0.2) is 8.78 Å². The number of hydrogen-bond donors (Lipinski definition) is 0. The second kappa shape index (κ2) is 8.38. The van der Waals surface area contributed by atoms with Crippen LogP contribution in [0.15, 0.2) is 72.8 Å². The van der Waals surface area contributed by atoms with Gasteiger partial charge >= 0.3 is 6.18 Å². The summed E-state index contributed by atoms with van der Waals surface area (Å²) >= 11 is 0. The summed E-state index contributed by atoms with van der Waals surface area (Å²) in [5.74, 6) is -2.68. The van der Waals surface area contributed by atoms with Crippen LogP contribution < -0.4 is 0 Å². The van der Waals surface area contributed by atoms with Crippen LogP contribution in [-0.4, -0.2) is 6.18 Å². The highest BCUT2D eigenvalue weighted by molar-refractivity contribution is 5.69. The lowest BCUT2D eigenvalue weighted by molar-refractivity contribution is -0.150. The lowest BCUT2D eigenvalue weighted by atomic mass is 9.91. The molecule has 0 N–H and O–H groups in total. The fraction of sp³-hybridized carbons (Fsp3) is 0.130. The third-order valence-electron chi connectivity index (χ3n) is 4.43. The van der Waals surface area contributed by atoms with Gasteiger partial charge in [-0.2, -0.15) is 13.2 Å². The maximum Gasteiger partial charge on any atom is 0.396 e. The predicted octanol–water partition coefficient (Wildman–Crippen LogP) is 7.02. The van der Waals surface area contributed by atoms with Crippen LogP contribution in [0.1, 0.15) is 28.2 Å². The zero-order valence-electron chi connectivity index (χ0n) is 14.8. The number of halogens is 5. The van der Waals surface area contributed by atoms with E-state index in [4.69, 9.17) is 0 Å². The molecule has 0 heterocycles. The molecule has 0 nitrogen and oxygen atoms in total. The molecule has 0 aromatic heterocycles. The minimum atomic E-state index is -4.43. The fourth-order valence-electron chi connectivity index (χ4n) is 2.94. The summed E-state index contributed by atoms with van der Waals surface area (Å²) in [6.45, 7) is 0. The van der Waals surface area contributed by atoms with Crippen LogP contribution >= 0.6 is 0 Å². The lowest BCUT2D eigenvalue weighted by Gasteiger charge is -2.21. The topological polar surface area (TPSA) is 0 Å². The predicted molar refractivity (Wildman–Crippen MR) is 101 cm³/mol. The molecule has 0 bridgehead atoms. The minimum absolute atomic E-state index is 0.149. The van der Waals surface area contributed by atoms with E-state index in [2.05, 4.69) is 0 Å².